The van der Waals surface area contributed by atoms with Crippen LogP contribution in [0.1, 0.15) is 27.9 Å². The fourth-order valence-corrected chi connectivity index (χ4v) is 4.60. The lowest BCUT2D eigenvalue weighted by molar-refractivity contribution is 0.121. The van der Waals surface area contributed by atoms with Crippen molar-refractivity contribution in [3.63, 3.8) is 0 Å². The van der Waals surface area contributed by atoms with E-state index in [9.17, 15) is 15.2 Å². The summed E-state index contributed by atoms with van der Waals surface area (Å²) in [5.41, 5.74) is 3.24. The van der Waals surface area contributed by atoms with Crippen molar-refractivity contribution in [3.05, 3.63) is 118 Å². The summed E-state index contributed by atoms with van der Waals surface area (Å²) < 4.78 is 6.06. The van der Waals surface area contributed by atoms with Crippen LogP contribution in [0.5, 0.6) is 5.75 Å². The Hall–Kier alpha value is -4.67. The lowest BCUT2D eigenvalue weighted by atomic mass is 9.82. The molecule has 1 unspecified atom stereocenters. The fraction of sp³-hybridized carbons (Fsp3) is 0.0741. The molecule has 3 aromatic carbocycles. The largest absolute Gasteiger partial charge is 0.488 e. The van der Waals surface area contributed by atoms with Gasteiger partial charge >= 0.3 is 0 Å². The number of rotatable bonds is 1. The van der Waals surface area contributed by atoms with E-state index in [0.717, 1.165) is 22.1 Å². The van der Waals surface area contributed by atoms with Crippen LogP contribution < -0.4 is 10.3 Å². The first-order valence-electron chi connectivity index (χ1n) is 10.7. The number of H-pyrrole nitrogens is 2. The van der Waals surface area contributed by atoms with Crippen molar-refractivity contribution < 1.29 is 9.84 Å². The molecule has 0 amide bonds. The summed E-state index contributed by atoms with van der Waals surface area (Å²) in [6.07, 6.45) is 3.07. The van der Waals surface area contributed by atoms with E-state index in [4.69, 9.17) is 4.74 Å². The van der Waals surface area contributed by atoms with Gasteiger partial charge in [0.05, 0.1) is 23.8 Å². The predicted molar refractivity (Wildman–Crippen MR) is 126 cm³/mol. The molecule has 1 aliphatic rings. The van der Waals surface area contributed by atoms with Crippen molar-refractivity contribution in [1.29, 1.82) is 5.26 Å². The average molecular weight is 446 g/mol. The number of hydrogen-bond acceptors (Lipinski definition) is 5. The molecular formula is C27H18N4O3. The second kappa shape index (κ2) is 7.44. The second-order valence-corrected chi connectivity index (χ2v) is 8.30. The number of ether oxygens (including phenoxy) is 1. The third-order valence-electron chi connectivity index (χ3n) is 6.30. The summed E-state index contributed by atoms with van der Waals surface area (Å²) in [5, 5.41) is 22.7. The normalized spacial score (nSPS) is 16.7. The Bertz CT molecular complexity index is 1660. The lowest BCUT2D eigenvalue weighted by Gasteiger charge is -2.29. The van der Waals surface area contributed by atoms with E-state index in [1.54, 1.807) is 42.6 Å². The van der Waals surface area contributed by atoms with Gasteiger partial charge in [0, 0.05) is 17.0 Å². The van der Waals surface area contributed by atoms with Gasteiger partial charge in [0.1, 0.15) is 18.4 Å². The third-order valence-corrected chi connectivity index (χ3v) is 6.30. The van der Waals surface area contributed by atoms with Crippen LogP contribution in [0.3, 0.4) is 0 Å². The van der Waals surface area contributed by atoms with E-state index in [-0.39, 0.29) is 12.2 Å². The van der Waals surface area contributed by atoms with Gasteiger partial charge in [-0.3, -0.25) is 4.79 Å². The highest BCUT2D eigenvalue weighted by Gasteiger charge is 2.36. The number of hydrogen-bond donors (Lipinski definition) is 3. The number of nitrogens with one attached hydrogen (secondary N) is 2. The number of nitrogens with zero attached hydrogens (tertiary/aromatic N) is 2. The Kier molecular flexibility index (Phi) is 4.37. The Morgan fingerprint density at radius 3 is 2.74 bits per heavy atom. The van der Waals surface area contributed by atoms with E-state index < -0.39 is 5.60 Å². The molecule has 0 aliphatic carbocycles. The van der Waals surface area contributed by atoms with Crippen molar-refractivity contribution in [2.24, 2.45) is 0 Å². The van der Waals surface area contributed by atoms with Crippen LogP contribution in [-0.2, 0) is 12.2 Å². The number of aromatic amines is 2. The molecule has 34 heavy (non-hydrogen) atoms. The van der Waals surface area contributed by atoms with Crippen LogP contribution in [0.25, 0.3) is 22.0 Å². The number of benzene rings is 3. The molecule has 1 atom stereocenters. The maximum Gasteiger partial charge on any atom is 0.249 e. The summed E-state index contributed by atoms with van der Waals surface area (Å²) in [6, 6.07) is 22.0. The van der Waals surface area contributed by atoms with Gasteiger partial charge in [-0.1, -0.05) is 30.3 Å². The van der Waals surface area contributed by atoms with Gasteiger partial charge in [0.15, 0.2) is 5.60 Å². The second-order valence-electron chi connectivity index (χ2n) is 8.30. The Balaban J connectivity index is 1.74. The first-order chi connectivity index (χ1) is 16.6. The van der Waals surface area contributed by atoms with Gasteiger partial charge < -0.3 is 19.8 Å². The van der Waals surface area contributed by atoms with E-state index in [1.807, 2.05) is 30.3 Å². The van der Waals surface area contributed by atoms with E-state index in [0.29, 0.717) is 33.7 Å². The summed E-state index contributed by atoms with van der Waals surface area (Å²) in [5.74, 6) is 0.372. The molecule has 0 saturated heterocycles. The van der Waals surface area contributed by atoms with Crippen molar-refractivity contribution in [2.45, 2.75) is 12.2 Å². The number of aromatic nitrogens is 3. The van der Waals surface area contributed by atoms with Gasteiger partial charge in [-0.15, -0.1) is 0 Å². The Labute approximate surface area is 193 Å². The first kappa shape index (κ1) is 20.0. The lowest BCUT2D eigenvalue weighted by Crippen LogP contribution is -2.29. The molecule has 0 saturated carbocycles. The number of pyridine rings is 1. The highest BCUT2D eigenvalue weighted by atomic mass is 16.5. The van der Waals surface area contributed by atoms with Crippen LogP contribution >= 0.6 is 0 Å². The Morgan fingerprint density at radius 1 is 1.06 bits per heavy atom. The molecule has 0 fully saturated rings. The van der Waals surface area contributed by atoms with Gasteiger partial charge in [-0.25, -0.2) is 4.98 Å². The molecule has 0 radical (unpaired) electrons. The smallest absolute Gasteiger partial charge is 0.249 e. The minimum atomic E-state index is -1.61. The summed E-state index contributed by atoms with van der Waals surface area (Å²) in [7, 11) is 0. The SMILES string of the molecule is N#Cc1ccc2cc1OCc1cccc(c1)-c1cc(=O)[nH]c3ccc(cc13)C2(O)c1cnc[nH]1. The van der Waals surface area contributed by atoms with Gasteiger partial charge in [-0.05, 0) is 58.1 Å². The molecule has 0 spiro atoms. The first-order valence-corrected chi connectivity index (χ1v) is 10.7. The Morgan fingerprint density at radius 2 is 1.91 bits per heavy atom. The van der Waals surface area contributed by atoms with Crippen LogP contribution in [0.15, 0.2) is 84.0 Å². The number of aliphatic hydroxyl groups is 1. The number of imidazole rings is 1. The standard InChI is InChI=1S/C27H18N4O3/c28-12-18-4-5-20-10-24(18)34-14-16-2-1-3-17(8-16)21-11-26(32)31-23-7-6-19(9-22(21)23)27(20,33)25-13-29-15-30-25/h1-11,13,15,33H,14H2,(H,29,30)(H,31,32). The summed E-state index contributed by atoms with van der Waals surface area (Å²) in [6.45, 7) is 0.221. The molecule has 1 aliphatic heterocycles. The van der Waals surface area contributed by atoms with Crippen LogP contribution in [0, 0.1) is 11.3 Å². The zero-order valence-corrected chi connectivity index (χ0v) is 17.9. The van der Waals surface area contributed by atoms with Crippen molar-refractivity contribution in [1.82, 2.24) is 15.0 Å². The predicted octanol–water partition coefficient (Wildman–Crippen LogP) is 3.97. The minimum Gasteiger partial charge on any atom is -0.488 e. The minimum absolute atomic E-state index is 0.213. The number of nitriles is 1. The topological polar surface area (TPSA) is 115 Å². The zero-order valence-electron chi connectivity index (χ0n) is 17.9. The monoisotopic (exact) mass is 446 g/mol. The average Bonchev–Trinajstić information content (AvgIpc) is 3.41. The van der Waals surface area contributed by atoms with Crippen LogP contribution in [0.4, 0.5) is 0 Å². The third kappa shape index (κ3) is 3.01. The van der Waals surface area contributed by atoms with E-state index >= 15 is 0 Å². The molecular weight excluding hydrogens is 428 g/mol. The molecule has 7 nitrogen and oxygen atoms in total. The molecule has 164 valence electrons. The maximum atomic E-state index is 12.4. The van der Waals surface area contributed by atoms with Crippen LogP contribution in [0.2, 0.25) is 0 Å². The van der Waals surface area contributed by atoms with Crippen molar-refractivity contribution in [3.8, 4) is 22.9 Å². The molecule has 5 aromatic rings. The quantitative estimate of drug-likeness (QED) is 0.360. The van der Waals surface area contributed by atoms with Crippen molar-refractivity contribution in [2.75, 3.05) is 0 Å². The molecule has 6 bridgehead atoms. The zero-order chi connectivity index (χ0) is 23.3. The van der Waals surface area contributed by atoms with Crippen molar-refractivity contribution >= 4 is 10.9 Å². The van der Waals surface area contributed by atoms with E-state index in [2.05, 4.69) is 21.0 Å². The fourth-order valence-electron chi connectivity index (χ4n) is 4.60. The van der Waals surface area contributed by atoms with Gasteiger partial charge in [0.2, 0.25) is 5.56 Å². The highest BCUT2D eigenvalue weighted by molar-refractivity contribution is 5.95. The summed E-state index contributed by atoms with van der Waals surface area (Å²) >= 11 is 0. The molecule has 2 aromatic heterocycles. The highest BCUT2D eigenvalue weighted by Crippen LogP contribution is 2.40. The number of fused-ring (bicyclic) bond motifs is 6. The van der Waals surface area contributed by atoms with E-state index in [1.165, 1.54) is 6.33 Å². The molecule has 3 N–H and O–H groups in total. The van der Waals surface area contributed by atoms with Crippen LogP contribution in [-0.4, -0.2) is 20.1 Å². The molecule has 7 heteroatoms. The summed E-state index contributed by atoms with van der Waals surface area (Å²) in [4.78, 5) is 22.5. The molecule has 6 rings (SSSR count). The maximum absolute atomic E-state index is 12.4. The van der Waals surface area contributed by atoms with Gasteiger partial charge in [0.25, 0.3) is 0 Å². The van der Waals surface area contributed by atoms with Gasteiger partial charge in [-0.2, -0.15) is 5.26 Å². The molecule has 3 heterocycles.